The van der Waals surface area contributed by atoms with Crippen molar-refractivity contribution in [1.29, 1.82) is 0 Å². The molecule has 1 aliphatic carbocycles. The third-order valence-electron chi connectivity index (χ3n) is 3.76. The molecule has 0 radical (unpaired) electrons. The summed E-state index contributed by atoms with van der Waals surface area (Å²) in [6, 6.07) is 6.49. The van der Waals surface area contributed by atoms with Crippen molar-refractivity contribution in [3.8, 4) is 0 Å². The highest BCUT2D eigenvalue weighted by Crippen LogP contribution is 2.30. The highest BCUT2D eigenvalue weighted by atomic mass is 19.1. The van der Waals surface area contributed by atoms with Gasteiger partial charge in [-0.05, 0) is 43.9 Å². The van der Waals surface area contributed by atoms with Crippen LogP contribution in [0.25, 0.3) is 0 Å². The zero-order valence-electron chi connectivity index (χ0n) is 10.2. The summed E-state index contributed by atoms with van der Waals surface area (Å²) in [5, 5.41) is 3.35. The lowest BCUT2D eigenvalue weighted by Gasteiger charge is -2.17. The Kier molecular flexibility index (Phi) is 2.79. The summed E-state index contributed by atoms with van der Waals surface area (Å²) in [5.41, 5.74) is 1.76. The quantitative estimate of drug-likeness (QED) is 0.865. The lowest BCUT2D eigenvalue weighted by molar-refractivity contribution is 0.326. The molecule has 1 aromatic carbocycles. The van der Waals surface area contributed by atoms with Crippen molar-refractivity contribution >= 4 is 5.69 Å². The van der Waals surface area contributed by atoms with Crippen molar-refractivity contribution in [3.05, 3.63) is 29.6 Å². The van der Waals surface area contributed by atoms with Crippen molar-refractivity contribution in [1.82, 2.24) is 4.90 Å². The van der Waals surface area contributed by atoms with Gasteiger partial charge < -0.3 is 5.32 Å². The smallest absolute Gasteiger partial charge is 0.146 e. The molecule has 1 atom stereocenters. The number of anilines is 1. The van der Waals surface area contributed by atoms with E-state index in [4.69, 9.17) is 0 Å². The molecule has 1 heterocycles. The molecular weight excluding hydrogens is 215 g/mol. The Morgan fingerprint density at radius 3 is 2.88 bits per heavy atom. The van der Waals surface area contributed by atoms with Crippen LogP contribution < -0.4 is 5.32 Å². The Labute approximate surface area is 102 Å². The molecule has 1 aliphatic heterocycles. The Bertz CT molecular complexity index is 415. The SMILES string of the molecule is Cc1ccc(F)c(NC2CCN(C3CC3)C2)c1. The van der Waals surface area contributed by atoms with Crippen molar-refractivity contribution in [3.63, 3.8) is 0 Å². The highest BCUT2D eigenvalue weighted by molar-refractivity contribution is 5.48. The van der Waals surface area contributed by atoms with Crippen molar-refractivity contribution < 1.29 is 4.39 Å². The molecule has 2 aliphatic rings. The molecule has 1 aromatic rings. The first-order chi connectivity index (χ1) is 8.22. The van der Waals surface area contributed by atoms with Gasteiger partial charge >= 0.3 is 0 Å². The number of hydrogen-bond donors (Lipinski definition) is 1. The van der Waals surface area contributed by atoms with E-state index in [2.05, 4.69) is 10.2 Å². The Hall–Kier alpha value is -1.09. The summed E-state index contributed by atoms with van der Waals surface area (Å²) < 4.78 is 13.6. The molecule has 0 amide bonds. The number of nitrogens with one attached hydrogen (secondary N) is 1. The fourth-order valence-corrected chi connectivity index (χ4v) is 2.65. The largest absolute Gasteiger partial charge is 0.379 e. The van der Waals surface area contributed by atoms with Gasteiger partial charge in [-0.15, -0.1) is 0 Å². The second-order valence-corrected chi connectivity index (χ2v) is 5.34. The molecule has 17 heavy (non-hydrogen) atoms. The second kappa shape index (κ2) is 4.30. The maximum atomic E-state index is 13.6. The summed E-state index contributed by atoms with van der Waals surface area (Å²) in [4.78, 5) is 2.53. The minimum absolute atomic E-state index is 0.138. The average Bonchev–Trinajstić information content (AvgIpc) is 3.05. The maximum absolute atomic E-state index is 13.6. The van der Waals surface area contributed by atoms with Crippen LogP contribution in [-0.2, 0) is 0 Å². The molecule has 3 rings (SSSR count). The van der Waals surface area contributed by atoms with Gasteiger partial charge in [0.15, 0.2) is 0 Å². The fraction of sp³-hybridized carbons (Fsp3) is 0.571. The average molecular weight is 234 g/mol. The molecule has 92 valence electrons. The van der Waals surface area contributed by atoms with Gasteiger partial charge in [-0.2, -0.15) is 0 Å². The van der Waals surface area contributed by atoms with Crippen LogP contribution in [0.4, 0.5) is 10.1 Å². The predicted molar refractivity (Wildman–Crippen MR) is 67.8 cm³/mol. The van der Waals surface area contributed by atoms with Gasteiger partial charge in [-0.3, -0.25) is 4.90 Å². The van der Waals surface area contributed by atoms with E-state index in [-0.39, 0.29) is 5.82 Å². The first-order valence-electron chi connectivity index (χ1n) is 6.49. The van der Waals surface area contributed by atoms with Gasteiger partial charge in [-0.1, -0.05) is 6.07 Å². The van der Waals surface area contributed by atoms with E-state index in [0.717, 1.165) is 31.1 Å². The first-order valence-corrected chi connectivity index (χ1v) is 6.49. The summed E-state index contributed by atoms with van der Waals surface area (Å²) in [7, 11) is 0. The predicted octanol–water partition coefficient (Wildman–Crippen LogP) is 2.78. The van der Waals surface area contributed by atoms with E-state index < -0.39 is 0 Å². The van der Waals surface area contributed by atoms with Crippen LogP contribution in [0.3, 0.4) is 0 Å². The summed E-state index contributed by atoms with van der Waals surface area (Å²) >= 11 is 0. The third-order valence-corrected chi connectivity index (χ3v) is 3.76. The molecule has 0 bridgehead atoms. The van der Waals surface area contributed by atoms with Crippen molar-refractivity contribution in [2.45, 2.75) is 38.3 Å². The molecule has 0 aromatic heterocycles. The van der Waals surface area contributed by atoms with Crippen LogP contribution in [0.2, 0.25) is 0 Å². The zero-order valence-corrected chi connectivity index (χ0v) is 10.2. The minimum atomic E-state index is -0.138. The van der Waals surface area contributed by atoms with Crippen molar-refractivity contribution in [2.24, 2.45) is 0 Å². The monoisotopic (exact) mass is 234 g/mol. The van der Waals surface area contributed by atoms with E-state index in [0.29, 0.717) is 11.7 Å². The lowest BCUT2D eigenvalue weighted by Crippen LogP contribution is -2.28. The van der Waals surface area contributed by atoms with Crippen LogP contribution >= 0.6 is 0 Å². The fourth-order valence-electron chi connectivity index (χ4n) is 2.65. The number of nitrogens with zero attached hydrogens (tertiary/aromatic N) is 1. The number of rotatable bonds is 3. The number of hydrogen-bond acceptors (Lipinski definition) is 2. The molecular formula is C14H19FN2. The lowest BCUT2D eigenvalue weighted by atomic mass is 10.2. The summed E-state index contributed by atoms with van der Waals surface area (Å²) in [6.07, 6.45) is 3.83. The molecule has 1 saturated heterocycles. The second-order valence-electron chi connectivity index (χ2n) is 5.34. The van der Waals surface area contributed by atoms with E-state index in [1.54, 1.807) is 6.07 Å². The molecule has 2 nitrogen and oxygen atoms in total. The van der Waals surface area contributed by atoms with E-state index in [9.17, 15) is 4.39 Å². The molecule has 3 heteroatoms. The van der Waals surface area contributed by atoms with Gasteiger partial charge in [0.2, 0.25) is 0 Å². The molecule has 0 spiro atoms. The minimum Gasteiger partial charge on any atom is -0.379 e. The Morgan fingerprint density at radius 2 is 2.12 bits per heavy atom. The van der Waals surface area contributed by atoms with Crippen molar-refractivity contribution in [2.75, 3.05) is 18.4 Å². The topological polar surface area (TPSA) is 15.3 Å². The summed E-state index contributed by atoms with van der Waals surface area (Å²) in [5.74, 6) is -0.138. The standard InChI is InChI=1S/C14H19FN2/c1-10-2-5-13(15)14(8-10)16-11-6-7-17(9-11)12-3-4-12/h2,5,8,11-12,16H,3-4,6-7,9H2,1H3. The zero-order chi connectivity index (χ0) is 11.8. The first kappa shape index (κ1) is 11.0. The van der Waals surface area contributed by atoms with Crippen LogP contribution in [0.1, 0.15) is 24.8 Å². The van der Waals surface area contributed by atoms with Gasteiger partial charge in [0.1, 0.15) is 5.82 Å². The van der Waals surface area contributed by atoms with Gasteiger partial charge in [-0.25, -0.2) is 4.39 Å². The molecule has 2 fully saturated rings. The maximum Gasteiger partial charge on any atom is 0.146 e. The van der Waals surface area contributed by atoms with E-state index in [1.807, 2.05) is 19.1 Å². The highest BCUT2D eigenvalue weighted by Gasteiger charge is 2.34. The number of benzene rings is 1. The third kappa shape index (κ3) is 2.44. The van der Waals surface area contributed by atoms with Gasteiger partial charge in [0.25, 0.3) is 0 Å². The number of aryl methyl sites for hydroxylation is 1. The molecule has 1 unspecified atom stereocenters. The molecule has 1 N–H and O–H groups in total. The van der Waals surface area contributed by atoms with Gasteiger partial charge in [0, 0.05) is 25.2 Å². The Balaban J connectivity index is 1.64. The van der Waals surface area contributed by atoms with Crippen LogP contribution in [-0.4, -0.2) is 30.1 Å². The van der Waals surface area contributed by atoms with Crippen LogP contribution in [0.15, 0.2) is 18.2 Å². The Morgan fingerprint density at radius 1 is 1.29 bits per heavy atom. The van der Waals surface area contributed by atoms with Crippen LogP contribution in [0.5, 0.6) is 0 Å². The summed E-state index contributed by atoms with van der Waals surface area (Å²) in [6.45, 7) is 4.23. The van der Waals surface area contributed by atoms with Gasteiger partial charge in [0.05, 0.1) is 5.69 Å². The van der Waals surface area contributed by atoms with E-state index in [1.165, 1.54) is 12.8 Å². The van der Waals surface area contributed by atoms with E-state index >= 15 is 0 Å². The normalized spacial score (nSPS) is 25.2. The van der Waals surface area contributed by atoms with Crippen LogP contribution in [0, 0.1) is 12.7 Å². The number of halogens is 1. The number of likely N-dealkylation sites (tertiary alicyclic amines) is 1. The molecule has 1 saturated carbocycles.